The van der Waals surface area contributed by atoms with E-state index in [1.54, 1.807) is 36.4 Å². The topological polar surface area (TPSA) is 98.0 Å². The summed E-state index contributed by atoms with van der Waals surface area (Å²) in [4.78, 5) is 9.90. The van der Waals surface area contributed by atoms with Gasteiger partial charge in [0.2, 0.25) is 0 Å². The number of halogens is 14. The van der Waals surface area contributed by atoms with E-state index in [0.29, 0.717) is 0 Å². The van der Waals surface area contributed by atoms with Gasteiger partial charge in [0.1, 0.15) is 17.2 Å². The molecular formula is C30H25F14O5P. The molecule has 0 aliphatic carbocycles. The summed E-state index contributed by atoms with van der Waals surface area (Å²) in [5.41, 5.74) is 0. The molecule has 0 aromatic heterocycles. The fourth-order valence-electron chi connectivity index (χ4n) is 3.96. The minimum Gasteiger partial charge on any atom is -0.508 e. The second kappa shape index (κ2) is 14.7. The van der Waals surface area contributed by atoms with Crippen molar-refractivity contribution in [3.8, 4) is 17.2 Å². The third-order valence-corrected chi connectivity index (χ3v) is 9.31. The van der Waals surface area contributed by atoms with Crippen LogP contribution < -0.4 is 15.9 Å². The minimum atomic E-state index is -8.23. The Morgan fingerprint density at radius 1 is 0.520 bits per heavy atom. The van der Waals surface area contributed by atoms with Crippen molar-refractivity contribution in [1.29, 1.82) is 0 Å². The van der Waals surface area contributed by atoms with E-state index in [-0.39, 0.29) is 17.2 Å². The number of carboxylic acids is 1. The largest absolute Gasteiger partial charge is 0.508 e. The van der Waals surface area contributed by atoms with Crippen molar-refractivity contribution >= 4 is 29.8 Å². The summed E-state index contributed by atoms with van der Waals surface area (Å²) < 4.78 is 184. The van der Waals surface area contributed by atoms with Crippen LogP contribution in [0.1, 0.15) is 26.2 Å². The Hall–Kier alpha value is -4.02. The average molecular weight is 762 g/mol. The molecule has 0 spiro atoms. The van der Waals surface area contributed by atoms with Crippen LogP contribution in [0.5, 0.6) is 17.2 Å². The van der Waals surface area contributed by atoms with Crippen LogP contribution >= 0.6 is 7.92 Å². The number of phenols is 3. The fraction of sp³-hybridized carbons (Fsp3) is 0.367. The van der Waals surface area contributed by atoms with Gasteiger partial charge in [-0.15, -0.1) is 0 Å². The van der Waals surface area contributed by atoms with Crippen molar-refractivity contribution in [3.05, 3.63) is 72.8 Å². The van der Waals surface area contributed by atoms with Gasteiger partial charge in [0, 0.05) is 6.42 Å². The molecular weight excluding hydrogens is 737 g/mol. The van der Waals surface area contributed by atoms with Crippen LogP contribution in [0.15, 0.2) is 72.8 Å². The molecule has 0 radical (unpaired) electrons. The molecule has 0 aliphatic rings. The summed E-state index contributed by atoms with van der Waals surface area (Å²) in [6, 6.07) is 21.5. The van der Waals surface area contributed by atoms with E-state index < -0.39 is 74.6 Å². The normalized spacial score (nSPS) is 13.5. The van der Waals surface area contributed by atoms with E-state index in [4.69, 9.17) is 5.11 Å². The number of carbonyl (C=O) groups is 1. The van der Waals surface area contributed by atoms with Gasteiger partial charge in [0.15, 0.2) is 0 Å². The van der Waals surface area contributed by atoms with E-state index in [0.717, 1.165) is 22.8 Å². The number of benzene rings is 3. The van der Waals surface area contributed by atoms with Crippen LogP contribution in [0.2, 0.25) is 0 Å². The molecule has 0 heterocycles. The highest BCUT2D eigenvalue weighted by Gasteiger charge is 2.93. The monoisotopic (exact) mass is 762 g/mol. The molecule has 278 valence electrons. The first-order valence-corrected chi connectivity index (χ1v) is 15.0. The first kappa shape index (κ1) is 42.1. The van der Waals surface area contributed by atoms with E-state index in [9.17, 15) is 81.6 Å². The number of carboxylic acid groups (broad SMARTS) is 1. The van der Waals surface area contributed by atoms with Gasteiger partial charge in [0.25, 0.3) is 0 Å². The predicted octanol–water partition coefficient (Wildman–Crippen LogP) is 8.27. The Morgan fingerprint density at radius 2 is 0.800 bits per heavy atom. The zero-order valence-corrected chi connectivity index (χ0v) is 25.9. The Kier molecular flexibility index (Phi) is 12.4. The third-order valence-electron chi connectivity index (χ3n) is 6.87. The molecule has 0 aliphatic heterocycles. The Morgan fingerprint density at radius 3 is 1.08 bits per heavy atom. The summed E-state index contributed by atoms with van der Waals surface area (Å²) in [7, 11) is -0.816. The van der Waals surface area contributed by atoms with Gasteiger partial charge in [0.05, 0.1) is 0 Å². The van der Waals surface area contributed by atoms with Gasteiger partial charge in [-0.1, -0.05) is 49.7 Å². The molecule has 5 nitrogen and oxygen atoms in total. The second-order valence-electron chi connectivity index (χ2n) is 10.4. The predicted molar refractivity (Wildman–Crippen MR) is 152 cm³/mol. The fourth-order valence-corrected chi connectivity index (χ4v) is 6.20. The highest BCUT2D eigenvalue weighted by molar-refractivity contribution is 7.79. The van der Waals surface area contributed by atoms with Crippen LogP contribution in [0.25, 0.3) is 0 Å². The summed E-state index contributed by atoms with van der Waals surface area (Å²) in [6.07, 6.45) is -3.68. The van der Waals surface area contributed by atoms with Gasteiger partial charge >= 0.3 is 47.4 Å². The van der Waals surface area contributed by atoms with E-state index in [1.807, 2.05) is 36.4 Å². The molecule has 0 saturated carbocycles. The van der Waals surface area contributed by atoms with Crippen LogP contribution in [0, 0.1) is 0 Å². The molecule has 3 aromatic carbocycles. The Balaban J connectivity index is 0.000000354. The number of hydrogen-bond donors (Lipinski definition) is 4. The first-order valence-electron chi connectivity index (χ1n) is 13.7. The van der Waals surface area contributed by atoms with E-state index >= 15 is 0 Å². The lowest BCUT2D eigenvalue weighted by atomic mass is 9.88. The van der Waals surface area contributed by atoms with Crippen LogP contribution in [0.4, 0.5) is 61.5 Å². The average Bonchev–Trinajstić information content (AvgIpc) is 3.02. The molecule has 4 N–H and O–H groups in total. The van der Waals surface area contributed by atoms with E-state index in [1.165, 1.54) is 0 Å². The minimum absolute atomic E-state index is 0.232. The molecule has 0 saturated heterocycles. The number of aromatic hydroxyl groups is 3. The number of hydrogen-bond acceptors (Lipinski definition) is 4. The number of rotatable bonds is 13. The van der Waals surface area contributed by atoms with Gasteiger partial charge in [-0.25, -0.2) is 4.79 Å². The zero-order valence-electron chi connectivity index (χ0n) is 25.0. The highest BCUT2D eigenvalue weighted by Crippen LogP contribution is 2.62. The summed E-state index contributed by atoms with van der Waals surface area (Å²) in [6.45, 7) is 1.05. The number of phenolic OH excluding ortho intramolecular Hbond substituents is 3. The SMILES string of the molecule is CCCCC(F)(F)C(F)(F)C(F)(F)C(F)(F)C(F)(F)C(F)(F)C(F)(F)C(=O)O.Oc1ccc(P(c2ccc(O)cc2)c2ccc(O)cc2)cc1. The van der Waals surface area contributed by atoms with E-state index in [2.05, 4.69) is 0 Å². The Labute approximate surface area is 274 Å². The first-order chi connectivity index (χ1) is 22.6. The molecule has 0 atom stereocenters. The van der Waals surface area contributed by atoms with Gasteiger partial charge in [-0.2, -0.15) is 61.5 Å². The molecule has 0 amide bonds. The van der Waals surface area contributed by atoms with Crippen molar-refractivity contribution < 1.29 is 86.7 Å². The number of unbranched alkanes of at least 4 members (excludes halogenated alkanes) is 1. The summed E-state index contributed by atoms with van der Waals surface area (Å²) in [5.74, 6) is -56.5. The van der Waals surface area contributed by atoms with Crippen molar-refractivity contribution in [1.82, 2.24) is 0 Å². The molecule has 0 fully saturated rings. The summed E-state index contributed by atoms with van der Waals surface area (Å²) >= 11 is 0. The van der Waals surface area contributed by atoms with Gasteiger partial charge < -0.3 is 20.4 Å². The van der Waals surface area contributed by atoms with Gasteiger partial charge in [-0.05, 0) is 66.7 Å². The molecule has 3 rings (SSSR count). The Bertz CT molecular complexity index is 1470. The lowest BCUT2D eigenvalue weighted by Crippen LogP contribution is -2.73. The quantitative estimate of drug-likeness (QED) is 0.104. The standard InChI is InChI=1S/C18H15O3P.C12H10F14O2/c19-13-1-7-16(8-2-13)22(17-9-3-14(20)4-10-17)18-11-5-15(21)6-12-18;1-2-3-4-6(13,14)8(17,18)10(21,22)12(25,26)11(23,24)9(19,20)7(15,16)5(27)28/h1-12,19-21H;2-4H2,1H3,(H,27,28). The lowest BCUT2D eigenvalue weighted by molar-refractivity contribution is -0.438. The number of alkyl halides is 14. The number of aliphatic carboxylic acids is 1. The molecule has 0 bridgehead atoms. The van der Waals surface area contributed by atoms with Crippen molar-refractivity contribution in [3.63, 3.8) is 0 Å². The van der Waals surface area contributed by atoms with Crippen molar-refractivity contribution in [2.45, 2.75) is 67.6 Å². The smallest absolute Gasteiger partial charge is 0.410 e. The van der Waals surface area contributed by atoms with Crippen molar-refractivity contribution in [2.24, 2.45) is 0 Å². The maximum absolute atomic E-state index is 13.3. The second-order valence-corrected chi connectivity index (χ2v) is 12.7. The van der Waals surface area contributed by atoms with Crippen LogP contribution in [-0.4, -0.2) is 67.9 Å². The molecule has 20 heteroatoms. The molecule has 0 unspecified atom stereocenters. The van der Waals surface area contributed by atoms with Crippen molar-refractivity contribution in [2.75, 3.05) is 0 Å². The molecule has 50 heavy (non-hydrogen) atoms. The summed E-state index contributed by atoms with van der Waals surface area (Å²) in [5, 5.41) is 39.5. The van der Waals surface area contributed by atoms with Crippen LogP contribution in [-0.2, 0) is 4.79 Å². The lowest BCUT2D eigenvalue weighted by Gasteiger charge is -2.42. The third kappa shape index (κ3) is 7.66. The maximum atomic E-state index is 13.3. The van der Waals surface area contributed by atoms with Gasteiger partial charge in [-0.3, -0.25) is 0 Å². The highest BCUT2D eigenvalue weighted by atomic mass is 31.1. The van der Waals surface area contributed by atoms with Crippen LogP contribution in [0.3, 0.4) is 0 Å². The zero-order chi connectivity index (χ0) is 38.7. The maximum Gasteiger partial charge on any atom is 0.410 e. The molecule has 3 aromatic rings.